The van der Waals surface area contributed by atoms with Gasteiger partial charge in [-0.2, -0.15) is 0 Å². The summed E-state index contributed by atoms with van der Waals surface area (Å²) in [5.74, 6) is 7.00. The van der Waals surface area contributed by atoms with E-state index in [-0.39, 0.29) is 26.4 Å². The number of fused-ring (bicyclic) bond motifs is 2. The van der Waals surface area contributed by atoms with E-state index in [9.17, 15) is 4.79 Å². The molecule has 0 radical (unpaired) electrons. The first-order valence-electron chi connectivity index (χ1n) is 8.38. The van der Waals surface area contributed by atoms with Gasteiger partial charge < -0.3 is 15.0 Å². The minimum absolute atomic E-state index is 0. The van der Waals surface area contributed by atoms with Crippen molar-refractivity contribution < 1.29 is 9.53 Å². The molecule has 4 unspecified atom stereocenters. The van der Waals surface area contributed by atoms with Gasteiger partial charge in [-0.3, -0.25) is 0 Å². The summed E-state index contributed by atoms with van der Waals surface area (Å²) in [6.07, 6.45) is 12.9. The van der Waals surface area contributed by atoms with Crippen LogP contribution in [0.2, 0.25) is 0 Å². The van der Waals surface area contributed by atoms with Crippen molar-refractivity contribution in [3.63, 3.8) is 0 Å². The lowest BCUT2D eigenvalue weighted by Crippen LogP contribution is -2.37. The van der Waals surface area contributed by atoms with Gasteiger partial charge >= 0.3 is 6.09 Å². The zero-order valence-electron chi connectivity index (χ0n) is 14.3. The molecule has 25 heavy (non-hydrogen) atoms. The Balaban J connectivity index is 0.000000266. The Morgan fingerprint density at radius 2 is 1.76 bits per heavy atom. The highest BCUT2D eigenvalue weighted by atomic mass is 16.6. The summed E-state index contributed by atoms with van der Waals surface area (Å²) in [6, 6.07) is 0. The third-order valence-electron chi connectivity index (χ3n) is 5.44. The summed E-state index contributed by atoms with van der Waals surface area (Å²) in [6.45, 7) is 9.27. The van der Waals surface area contributed by atoms with Crippen molar-refractivity contribution in [1.82, 2.24) is 10.2 Å². The number of carbonyl (C=O) groups excluding carboxylic acids is 1. The van der Waals surface area contributed by atoms with Crippen LogP contribution < -0.4 is 5.32 Å². The van der Waals surface area contributed by atoms with Gasteiger partial charge in [-0.25, -0.2) is 4.79 Å². The van der Waals surface area contributed by atoms with E-state index in [2.05, 4.69) is 17.2 Å². The summed E-state index contributed by atoms with van der Waals surface area (Å²) in [5.41, 5.74) is -0.121. The fourth-order valence-corrected chi connectivity index (χ4v) is 3.73. The van der Waals surface area contributed by atoms with Crippen LogP contribution in [0.3, 0.4) is 0 Å². The summed E-state index contributed by atoms with van der Waals surface area (Å²) in [5, 5.41) is 3.27. The number of nitrogens with zero attached hydrogens (tertiary/aromatic N) is 1. The average Bonchev–Trinajstić information content (AvgIpc) is 3.28. The number of amides is 1. The Labute approximate surface area is 154 Å². The first kappa shape index (κ1) is 21.4. The number of carbonyl (C=O) groups is 1. The number of nitrogens with one attached hydrogen (secondary N) is 1. The van der Waals surface area contributed by atoms with Gasteiger partial charge in [0.2, 0.25) is 0 Å². The number of piperidine rings is 2. The maximum Gasteiger partial charge on any atom is 0.410 e. The van der Waals surface area contributed by atoms with Crippen LogP contribution in [-0.2, 0) is 4.74 Å². The average molecular weight is 347 g/mol. The highest BCUT2D eigenvalue weighted by Crippen LogP contribution is 2.57. The van der Waals surface area contributed by atoms with Crippen LogP contribution in [0.4, 0.5) is 4.79 Å². The lowest BCUT2D eigenvalue weighted by Gasteiger charge is -2.25. The Bertz CT molecular complexity index is 594. The second-order valence-electron chi connectivity index (χ2n) is 8.39. The quantitative estimate of drug-likeness (QED) is 0.684. The van der Waals surface area contributed by atoms with Crippen LogP contribution in [0.25, 0.3) is 0 Å². The third kappa shape index (κ3) is 4.13. The first-order chi connectivity index (χ1) is 10.7. The van der Waals surface area contributed by atoms with Gasteiger partial charge in [0, 0.05) is 25.0 Å². The Morgan fingerprint density at radius 3 is 2.12 bits per heavy atom. The predicted octanol–water partition coefficient (Wildman–Crippen LogP) is 3.38. The molecule has 2 heterocycles. The highest BCUT2D eigenvalue weighted by Gasteiger charge is 2.60. The molecule has 1 amide bonds. The maximum atomic E-state index is 11.7. The molecule has 2 aliphatic heterocycles. The third-order valence-corrected chi connectivity index (χ3v) is 5.44. The lowest BCUT2D eigenvalue weighted by molar-refractivity contribution is 0.0268. The van der Waals surface area contributed by atoms with Gasteiger partial charge in [0.1, 0.15) is 5.60 Å². The lowest BCUT2D eigenvalue weighted by atomic mass is 10.1. The summed E-state index contributed by atoms with van der Waals surface area (Å²) < 4.78 is 5.30. The fraction of sp³-hybridized carbons (Fsp3) is 0.762. The van der Waals surface area contributed by atoms with Gasteiger partial charge in [-0.15, -0.1) is 12.8 Å². The molecule has 4 rings (SSSR count). The van der Waals surface area contributed by atoms with Crippen molar-refractivity contribution in [2.24, 2.45) is 22.7 Å². The first-order valence-corrected chi connectivity index (χ1v) is 8.38. The molecule has 4 atom stereocenters. The van der Waals surface area contributed by atoms with Gasteiger partial charge in [0.05, 0.1) is 5.41 Å². The molecule has 0 aromatic rings. The Hall–Kier alpha value is -1.65. The molecule has 0 aromatic carbocycles. The fourth-order valence-electron chi connectivity index (χ4n) is 3.73. The Morgan fingerprint density at radius 1 is 1.16 bits per heavy atom. The van der Waals surface area contributed by atoms with Gasteiger partial charge in [-0.05, 0) is 52.0 Å². The van der Waals surface area contributed by atoms with Crippen LogP contribution in [0.5, 0.6) is 0 Å². The van der Waals surface area contributed by atoms with E-state index in [0.717, 1.165) is 32.0 Å². The molecule has 4 nitrogen and oxygen atoms in total. The van der Waals surface area contributed by atoms with Gasteiger partial charge in [-0.1, -0.05) is 26.7 Å². The van der Waals surface area contributed by atoms with E-state index < -0.39 is 5.60 Å². The topological polar surface area (TPSA) is 41.6 Å². The molecular formula is C21H34N2O2. The molecule has 4 fully saturated rings. The number of hydrogen-bond acceptors (Lipinski definition) is 3. The molecule has 2 aliphatic carbocycles. The van der Waals surface area contributed by atoms with Gasteiger partial charge in [0.15, 0.2) is 0 Å². The maximum absolute atomic E-state index is 11.7. The normalized spacial score (nSPS) is 36.0. The summed E-state index contributed by atoms with van der Waals surface area (Å²) >= 11 is 0. The number of ether oxygens (including phenoxy) is 1. The summed E-state index contributed by atoms with van der Waals surface area (Å²) in [4.78, 5) is 13.5. The summed E-state index contributed by atoms with van der Waals surface area (Å²) in [7, 11) is 0. The smallest absolute Gasteiger partial charge is 0.410 e. The molecule has 0 bridgehead atoms. The van der Waals surface area contributed by atoms with Crippen LogP contribution >= 0.6 is 0 Å². The van der Waals surface area contributed by atoms with E-state index >= 15 is 0 Å². The molecular weight excluding hydrogens is 312 g/mol. The van der Waals surface area contributed by atoms with Gasteiger partial charge in [0.25, 0.3) is 0 Å². The number of hydrogen-bond donors (Lipinski definition) is 1. The van der Waals surface area contributed by atoms with Crippen molar-refractivity contribution in [2.45, 2.75) is 54.1 Å². The number of rotatable bonds is 0. The van der Waals surface area contributed by atoms with Crippen LogP contribution in [0.15, 0.2) is 0 Å². The number of likely N-dealkylation sites (tertiary alicyclic amines) is 1. The molecule has 140 valence electrons. The van der Waals surface area contributed by atoms with E-state index in [4.69, 9.17) is 17.6 Å². The van der Waals surface area contributed by atoms with Crippen molar-refractivity contribution in [3.8, 4) is 24.7 Å². The number of terminal acetylenes is 2. The second kappa shape index (κ2) is 6.93. The molecule has 2 saturated heterocycles. The van der Waals surface area contributed by atoms with Crippen molar-refractivity contribution in [1.29, 1.82) is 0 Å². The molecule has 0 aromatic heterocycles. The van der Waals surface area contributed by atoms with E-state index in [0.29, 0.717) is 17.9 Å². The monoisotopic (exact) mass is 346 g/mol. The second-order valence-corrected chi connectivity index (χ2v) is 8.39. The minimum atomic E-state index is -0.423. The SMILES string of the molecule is C.C.C#CC12CC1CN(C(=O)OC(C)(C)C)C2.C#CC12CNCC1C2. The predicted molar refractivity (Wildman–Crippen MR) is 103 cm³/mol. The van der Waals surface area contributed by atoms with E-state index in [1.165, 1.54) is 6.42 Å². The molecule has 2 saturated carbocycles. The van der Waals surface area contributed by atoms with Crippen LogP contribution in [-0.4, -0.2) is 42.8 Å². The van der Waals surface area contributed by atoms with Crippen molar-refractivity contribution >= 4 is 6.09 Å². The van der Waals surface area contributed by atoms with E-state index in [1.54, 1.807) is 4.90 Å². The molecule has 0 spiro atoms. The molecule has 4 heteroatoms. The zero-order valence-corrected chi connectivity index (χ0v) is 14.3. The Kier molecular flexibility index (Phi) is 5.93. The van der Waals surface area contributed by atoms with Crippen LogP contribution in [0.1, 0.15) is 48.5 Å². The van der Waals surface area contributed by atoms with Crippen molar-refractivity contribution in [2.75, 3.05) is 26.2 Å². The minimum Gasteiger partial charge on any atom is -0.444 e. The van der Waals surface area contributed by atoms with Crippen LogP contribution in [0, 0.1) is 47.4 Å². The largest absolute Gasteiger partial charge is 0.444 e. The van der Waals surface area contributed by atoms with Crippen molar-refractivity contribution in [3.05, 3.63) is 0 Å². The standard InChI is InChI=1S/C12H17NO2.C7H9N.2CH4/c1-5-12-6-9(12)7-13(8-12)10(14)15-11(2,3)4;1-2-7-3-6(7)4-8-5-7;;/h1,9H,6-8H2,2-4H3;1,6,8H,3-5H2;2*1H4. The van der Waals surface area contributed by atoms with E-state index in [1.807, 2.05) is 20.8 Å². The highest BCUT2D eigenvalue weighted by molar-refractivity contribution is 5.69. The molecule has 1 N–H and O–H groups in total. The molecule has 4 aliphatic rings. The zero-order chi connectivity index (χ0) is 16.9.